The van der Waals surface area contributed by atoms with Crippen molar-refractivity contribution < 1.29 is 14.7 Å². The van der Waals surface area contributed by atoms with Crippen LogP contribution >= 0.6 is 34.3 Å². The average Bonchev–Trinajstić information content (AvgIpc) is 2.90. The van der Waals surface area contributed by atoms with Crippen LogP contribution in [-0.4, -0.2) is 40.0 Å². The highest BCUT2D eigenvalue weighted by Gasteiger charge is 2.59. The van der Waals surface area contributed by atoms with Gasteiger partial charge in [0, 0.05) is 13.1 Å². The standard InChI is InChI=1S/C17H17ClN2O3S2/c1-9-13(25-14(19-9)11-2-3-12(18)24-11)15(21)20-6-4-17(5-7-20)8-10(17)16(22)23/h2-3,10H,4-8H2,1H3,(H,22,23). The molecule has 1 spiro atoms. The zero-order valence-corrected chi connectivity index (χ0v) is 16.0. The molecule has 1 unspecified atom stereocenters. The van der Waals surface area contributed by atoms with Gasteiger partial charge in [0.1, 0.15) is 9.88 Å². The van der Waals surface area contributed by atoms with Gasteiger partial charge in [-0.1, -0.05) is 11.6 Å². The molecular formula is C17H17ClN2O3S2. The van der Waals surface area contributed by atoms with Crippen molar-refractivity contribution in [2.24, 2.45) is 11.3 Å². The largest absolute Gasteiger partial charge is 0.481 e. The molecule has 1 aliphatic heterocycles. The summed E-state index contributed by atoms with van der Waals surface area (Å²) in [5.74, 6) is -0.909. The normalized spacial score (nSPS) is 21.5. The summed E-state index contributed by atoms with van der Waals surface area (Å²) < 4.78 is 0.703. The zero-order chi connectivity index (χ0) is 17.8. The lowest BCUT2D eigenvalue weighted by molar-refractivity contribution is -0.139. The fraction of sp³-hybridized carbons (Fsp3) is 0.471. The van der Waals surface area contributed by atoms with E-state index < -0.39 is 5.97 Å². The molecule has 2 aromatic heterocycles. The number of nitrogens with zero attached hydrogens (tertiary/aromatic N) is 2. The lowest BCUT2D eigenvalue weighted by Crippen LogP contribution is -2.39. The molecule has 1 saturated carbocycles. The number of aryl methyl sites for hydroxylation is 1. The number of halogens is 1. The van der Waals surface area contributed by atoms with E-state index in [9.17, 15) is 14.7 Å². The van der Waals surface area contributed by atoms with E-state index >= 15 is 0 Å². The first-order chi connectivity index (χ1) is 11.9. The lowest BCUT2D eigenvalue weighted by Gasteiger charge is -2.32. The minimum absolute atomic E-state index is 0.00581. The molecule has 4 rings (SSSR count). The molecule has 1 atom stereocenters. The van der Waals surface area contributed by atoms with Gasteiger partial charge in [0.25, 0.3) is 5.91 Å². The van der Waals surface area contributed by atoms with Crippen LogP contribution < -0.4 is 0 Å². The first kappa shape index (κ1) is 17.0. The summed E-state index contributed by atoms with van der Waals surface area (Å²) in [6, 6.07) is 3.75. The first-order valence-electron chi connectivity index (χ1n) is 8.15. The van der Waals surface area contributed by atoms with Gasteiger partial charge in [-0.3, -0.25) is 9.59 Å². The summed E-state index contributed by atoms with van der Waals surface area (Å²) in [5, 5.41) is 10.00. The summed E-state index contributed by atoms with van der Waals surface area (Å²) in [4.78, 5) is 32.0. The van der Waals surface area contributed by atoms with Gasteiger partial charge in [0.2, 0.25) is 0 Å². The topological polar surface area (TPSA) is 70.5 Å². The number of amides is 1. The molecule has 2 aliphatic rings. The highest BCUT2D eigenvalue weighted by Crippen LogP contribution is 2.59. The monoisotopic (exact) mass is 396 g/mol. The van der Waals surface area contributed by atoms with Crippen LogP contribution in [0.3, 0.4) is 0 Å². The number of carbonyl (C=O) groups is 2. The quantitative estimate of drug-likeness (QED) is 0.845. The highest BCUT2D eigenvalue weighted by molar-refractivity contribution is 7.24. The molecule has 132 valence electrons. The van der Waals surface area contributed by atoms with E-state index in [0.717, 1.165) is 34.8 Å². The number of thiazole rings is 1. The molecule has 25 heavy (non-hydrogen) atoms. The smallest absolute Gasteiger partial charge is 0.307 e. The van der Waals surface area contributed by atoms with Gasteiger partial charge in [-0.25, -0.2) is 4.98 Å². The molecule has 2 aromatic rings. The van der Waals surface area contributed by atoms with Gasteiger partial charge in [-0.2, -0.15) is 0 Å². The van der Waals surface area contributed by atoms with Crippen LogP contribution in [0.15, 0.2) is 12.1 Å². The number of thiophene rings is 1. The Hall–Kier alpha value is -1.44. The van der Waals surface area contributed by atoms with E-state index in [1.807, 2.05) is 24.0 Å². The number of hydrogen-bond donors (Lipinski definition) is 1. The van der Waals surface area contributed by atoms with Crippen molar-refractivity contribution >= 4 is 46.2 Å². The zero-order valence-electron chi connectivity index (χ0n) is 13.6. The maximum absolute atomic E-state index is 12.9. The van der Waals surface area contributed by atoms with Gasteiger partial charge in [-0.05, 0) is 43.7 Å². The molecule has 0 bridgehead atoms. The van der Waals surface area contributed by atoms with Crippen LogP contribution in [0, 0.1) is 18.3 Å². The number of carboxylic acids is 1. The number of likely N-dealkylation sites (tertiary alicyclic amines) is 1. The van der Waals surface area contributed by atoms with Crippen LogP contribution in [0.5, 0.6) is 0 Å². The minimum atomic E-state index is -0.697. The fourth-order valence-electron chi connectivity index (χ4n) is 3.68. The molecule has 1 N–H and O–H groups in total. The first-order valence-corrected chi connectivity index (χ1v) is 10.2. The Bertz CT molecular complexity index is 852. The maximum atomic E-state index is 12.9. The van der Waals surface area contributed by atoms with E-state index in [1.54, 1.807) is 0 Å². The van der Waals surface area contributed by atoms with Crippen LogP contribution in [0.4, 0.5) is 0 Å². The number of carbonyl (C=O) groups excluding carboxylic acids is 1. The van der Waals surface area contributed by atoms with Crippen molar-refractivity contribution in [1.29, 1.82) is 0 Å². The number of aliphatic carboxylic acids is 1. The summed E-state index contributed by atoms with van der Waals surface area (Å²) in [6.45, 7) is 3.11. The van der Waals surface area contributed by atoms with E-state index in [4.69, 9.17) is 11.6 Å². The molecule has 0 radical (unpaired) electrons. The average molecular weight is 397 g/mol. The minimum Gasteiger partial charge on any atom is -0.481 e. The van der Waals surface area contributed by atoms with Crippen LogP contribution in [0.2, 0.25) is 4.34 Å². The van der Waals surface area contributed by atoms with Crippen molar-refractivity contribution in [1.82, 2.24) is 9.88 Å². The summed E-state index contributed by atoms with van der Waals surface area (Å²) >= 11 is 8.84. The third-order valence-electron chi connectivity index (χ3n) is 5.31. The molecule has 5 nitrogen and oxygen atoms in total. The fourth-order valence-corrected chi connectivity index (χ4v) is 5.81. The second kappa shape index (κ2) is 6.07. The highest BCUT2D eigenvalue weighted by atomic mass is 35.5. The Balaban J connectivity index is 1.47. The number of aromatic nitrogens is 1. The predicted molar refractivity (Wildman–Crippen MR) is 98.5 cm³/mol. The Morgan fingerprint density at radius 3 is 2.60 bits per heavy atom. The second-order valence-electron chi connectivity index (χ2n) is 6.79. The number of hydrogen-bond acceptors (Lipinski definition) is 5. The Morgan fingerprint density at radius 2 is 2.04 bits per heavy atom. The van der Waals surface area contributed by atoms with Crippen molar-refractivity contribution in [3.05, 3.63) is 27.0 Å². The van der Waals surface area contributed by atoms with Crippen LogP contribution in [0.25, 0.3) is 9.88 Å². The van der Waals surface area contributed by atoms with E-state index in [0.29, 0.717) is 22.3 Å². The molecule has 1 aliphatic carbocycles. The van der Waals surface area contributed by atoms with Crippen molar-refractivity contribution in [2.45, 2.75) is 26.2 Å². The van der Waals surface area contributed by atoms with Gasteiger partial charge in [0.05, 0.1) is 20.8 Å². The van der Waals surface area contributed by atoms with Gasteiger partial charge >= 0.3 is 5.97 Å². The maximum Gasteiger partial charge on any atom is 0.307 e. The van der Waals surface area contributed by atoms with Crippen LogP contribution in [0.1, 0.15) is 34.6 Å². The molecule has 2 fully saturated rings. The lowest BCUT2D eigenvalue weighted by atomic mass is 9.90. The van der Waals surface area contributed by atoms with Crippen molar-refractivity contribution in [3.8, 4) is 9.88 Å². The predicted octanol–water partition coefficient (Wildman–Crippen LogP) is 4.16. The third kappa shape index (κ3) is 2.98. The Morgan fingerprint density at radius 1 is 1.32 bits per heavy atom. The summed E-state index contributed by atoms with van der Waals surface area (Å²) in [7, 11) is 0. The molecular weight excluding hydrogens is 380 g/mol. The van der Waals surface area contributed by atoms with Gasteiger partial charge < -0.3 is 10.0 Å². The van der Waals surface area contributed by atoms with E-state index in [1.165, 1.54) is 22.7 Å². The molecule has 1 saturated heterocycles. The number of piperidine rings is 1. The summed E-state index contributed by atoms with van der Waals surface area (Å²) in [5.41, 5.74) is 0.675. The second-order valence-corrected chi connectivity index (χ2v) is 9.50. The van der Waals surface area contributed by atoms with Crippen LogP contribution in [-0.2, 0) is 4.79 Å². The van der Waals surface area contributed by atoms with E-state index in [2.05, 4.69) is 4.98 Å². The Labute approximate surface area is 158 Å². The SMILES string of the molecule is Cc1nc(-c2ccc(Cl)s2)sc1C(=O)N1CCC2(CC1)CC2C(=O)O. The van der Waals surface area contributed by atoms with Crippen molar-refractivity contribution in [3.63, 3.8) is 0 Å². The van der Waals surface area contributed by atoms with E-state index in [-0.39, 0.29) is 17.2 Å². The molecule has 8 heteroatoms. The van der Waals surface area contributed by atoms with Gasteiger partial charge in [-0.15, -0.1) is 22.7 Å². The Kier molecular flexibility index (Phi) is 4.13. The molecule has 1 amide bonds. The van der Waals surface area contributed by atoms with Crippen molar-refractivity contribution in [2.75, 3.05) is 13.1 Å². The number of carboxylic acid groups (broad SMARTS) is 1. The molecule has 3 heterocycles. The summed E-state index contributed by atoms with van der Waals surface area (Å²) in [6.07, 6.45) is 2.31. The molecule has 0 aromatic carbocycles. The van der Waals surface area contributed by atoms with Gasteiger partial charge in [0.15, 0.2) is 0 Å². The number of rotatable bonds is 3. The third-order valence-corrected chi connectivity index (χ3v) is 7.85.